The van der Waals surface area contributed by atoms with Crippen LogP contribution < -0.4 is 4.74 Å². The molecular formula is C12H15FO2. The summed E-state index contributed by atoms with van der Waals surface area (Å²) in [5.74, 6) is 0.421. The van der Waals surface area contributed by atoms with Crippen molar-refractivity contribution in [3.63, 3.8) is 0 Å². The van der Waals surface area contributed by atoms with E-state index in [2.05, 4.69) is 0 Å². The van der Waals surface area contributed by atoms with E-state index < -0.39 is 5.60 Å². The number of aryl methyl sites for hydroxylation is 1. The van der Waals surface area contributed by atoms with Crippen LogP contribution in [-0.4, -0.2) is 17.8 Å². The predicted molar refractivity (Wildman–Crippen MR) is 55.6 cm³/mol. The molecular weight excluding hydrogens is 195 g/mol. The second-order valence-corrected chi connectivity index (χ2v) is 4.32. The van der Waals surface area contributed by atoms with E-state index in [0.717, 1.165) is 24.0 Å². The van der Waals surface area contributed by atoms with Gasteiger partial charge in [0, 0.05) is 12.0 Å². The minimum atomic E-state index is -0.618. The molecule has 0 radical (unpaired) electrons. The van der Waals surface area contributed by atoms with Crippen LogP contribution in [0.15, 0.2) is 12.1 Å². The van der Waals surface area contributed by atoms with Crippen molar-refractivity contribution in [1.29, 1.82) is 0 Å². The van der Waals surface area contributed by atoms with Crippen molar-refractivity contribution in [1.82, 2.24) is 0 Å². The summed E-state index contributed by atoms with van der Waals surface area (Å²) in [4.78, 5) is 0. The fourth-order valence-corrected chi connectivity index (χ4v) is 1.90. The van der Waals surface area contributed by atoms with E-state index >= 15 is 0 Å². The van der Waals surface area contributed by atoms with Crippen LogP contribution >= 0.6 is 0 Å². The van der Waals surface area contributed by atoms with Crippen LogP contribution in [0.1, 0.15) is 24.0 Å². The Labute approximate surface area is 88.7 Å². The average Bonchev–Trinajstić information content (AvgIpc) is 2.82. The standard InChI is InChI=1S/C12H15FO2/c1-8-5-10(13)6-9(11(8)15-2)7-12(14)3-4-12/h5-6,14H,3-4,7H2,1-2H3. The number of ether oxygens (including phenoxy) is 1. The fraction of sp³-hybridized carbons (Fsp3) is 0.500. The van der Waals surface area contributed by atoms with Crippen LogP contribution in [0.25, 0.3) is 0 Å². The van der Waals surface area contributed by atoms with Gasteiger partial charge in [-0.1, -0.05) is 0 Å². The molecule has 0 aromatic heterocycles. The molecule has 0 spiro atoms. The van der Waals surface area contributed by atoms with Gasteiger partial charge in [0.15, 0.2) is 0 Å². The zero-order valence-electron chi connectivity index (χ0n) is 9.01. The van der Waals surface area contributed by atoms with Crippen LogP contribution in [0.2, 0.25) is 0 Å². The lowest BCUT2D eigenvalue weighted by molar-refractivity contribution is 0.150. The highest BCUT2D eigenvalue weighted by Gasteiger charge is 2.41. The summed E-state index contributed by atoms with van der Waals surface area (Å²) in [5.41, 5.74) is 0.916. The van der Waals surface area contributed by atoms with Crippen LogP contribution in [0.5, 0.6) is 5.75 Å². The quantitative estimate of drug-likeness (QED) is 0.828. The number of hydrogen-bond donors (Lipinski definition) is 1. The Morgan fingerprint density at radius 1 is 1.47 bits per heavy atom. The SMILES string of the molecule is COc1c(C)cc(F)cc1CC1(O)CC1. The monoisotopic (exact) mass is 210 g/mol. The van der Waals surface area contributed by atoms with Crippen molar-refractivity contribution in [2.24, 2.45) is 0 Å². The third-order valence-corrected chi connectivity index (χ3v) is 2.87. The van der Waals surface area contributed by atoms with Crippen LogP contribution in [0.3, 0.4) is 0 Å². The second kappa shape index (κ2) is 3.49. The van der Waals surface area contributed by atoms with Gasteiger partial charge in [-0.05, 0) is 37.5 Å². The number of hydrogen-bond acceptors (Lipinski definition) is 2. The van der Waals surface area contributed by atoms with Crippen molar-refractivity contribution < 1.29 is 14.2 Å². The molecule has 1 aliphatic carbocycles. The molecule has 0 heterocycles. The molecule has 15 heavy (non-hydrogen) atoms. The molecule has 0 aliphatic heterocycles. The van der Waals surface area contributed by atoms with E-state index in [-0.39, 0.29) is 5.82 Å². The van der Waals surface area contributed by atoms with Crippen molar-refractivity contribution in [2.75, 3.05) is 7.11 Å². The Kier molecular flexibility index (Phi) is 2.43. The fourth-order valence-electron chi connectivity index (χ4n) is 1.90. The molecule has 0 saturated heterocycles. The Morgan fingerprint density at radius 2 is 2.13 bits per heavy atom. The molecule has 1 N–H and O–H groups in total. The molecule has 2 nitrogen and oxygen atoms in total. The molecule has 1 aromatic carbocycles. The van der Waals surface area contributed by atoms with Gasteiger partial charge in [0.2, 0.25) is 0 Å². The van der Waals surface area contributed by atoms with Gasteiger partial charge in [-0.15, -0.1) is 0 Å². The number of benzene rings is 1. The Bertz CT molecular complexity index is 383. The molecule has 1 aromatic rings. The summed E-state index contributed by atoms with van der Waals surface area (Å²) < 4.78 is 18.4. The first-order valence-electron chi connectivity index (χ1n) is 5.09. The first-order chi connectivity index (χ1) is 7.04. The summed E-state index contributed by atoms with van der Waals surface area (Å²) in [5, 5.41) is 9.81. The maximum atomic E-state index is 13.2. The number of aliphatic hydroxyl groups is 1. The minimum absolute atomic E-state index is 0.271. The van der Waals surface area contributed by atoms with Gasteiger partial charge in [0.05, 0.1) is 12.7 Å². The summed E-state index contributed by atoms with van der Waals surface area (Å²) in [7, 11) is 1.57. The molecule has 1 saturated carbocycles. The predicted octanol–water partition coefficient (Wildman–Crippen LogP) is 2.21. The highest BCUT2D eigenvalue weighted by Crippen LogP contribution is 2.40. The summed E-state index contributed by atoms with van der Waals surface area (Å²) in [6, 6.07) is 2.89. The van der Waals surface area contributed by atoms with E-state index in [1.807, 2.05) is 6.92 Å². The molecule has 0 atom stereocenters. The Balaban J connectivity index is 2.35. The van der Waals surface area contributed by atoms with E-state index in [0.29, 0.717) is 12.2 Å². The van der Waals surface area contributed by atoms with Gasteiger partial charge >= 0.3 is 0 Å². The van der Waals surface area contributed by atoms with Crippen molar-refractivity contribution in [2.45, 2.75) is 31.8 Å². The maximum Gasteiger partial charge on any atom is 0.125 e. The van der Waals surface area contributed by atoms with Crippen molar-refractivity contribution >= 4 is 0 Å². The molecule has 0 unspecified atom stereocenters. The van der Waals surface area contributed by atoms with Crippen molar-refractivity contribution in [3.05, 3.63) is 29.1 Å². The highest BCUT2D eigenvalue weighted by molar-refractivity contribution is 5.42. The zero-order valence-corrected chi connectivity index (χ0v) is 9.01. The maximum absolute atomic E-state index is 13.2. The van der Waals surface area contributed by atoms with Gasteiger partial charge in [0.1, 0.15) is 11.6 Å². The molecule has 1 fully saturated rings. The first-order valence-corrected chi connectivity index (χ1v) is 5.09. The molecule has 0 bridgehead atoms. The molecule has 1 aliphatic rings. The van der Waals surface area contributed by atoms with Gasteiger partial charge in [-0.2, -0.15) is 0 Å². The largest absolute Gasteiger partial charge is 0.496 e. The lowest BCUT2D eigenvalue weighted by Crippen LogP contribution is -2.12. The number of rotatable bonds is 3. The van der Waals surface area contributed by atoms with Gasteiger partial charge in [-0.25, -0.2) is 4.39 Å². The Hall–Kier alpha value is -1.09. The Morgan fingerprint density at radius 3 is 2.67 bits per heavy atom. The lowest BCUT2D eigenvalue weighted by Gasteiger charge is -2.14. The molecule has 3 heteroatoms. The van der Waals surface area contributed by atoms with Crippen LogP contribution in [-0.2, 0) is 6.42 Å². The van der Waals surface area contributed by atoms with Gasteiger partial charge < -0.3 is 9.84 Å². The summed E-state index contributed by atoms with van der Waals surface area (Å²) in [6.07, 6.45) is 2.08. The van der Waals surface area contributed by atoms with Gasteiger partial charge in [0.25, 0.3) is 0 Å². The zero-order chi connectivity index (χ0) is 11.1. The van der Waals surface area contributed by atoms with E-state index in [4.69, 9.17) is 4.74 Å². The summed E-state index contributed by atoms with van der Waals surface area (Å²) >= 11 is 0. The second-order valence-electron chi connectivity index (χ2n) is 4.32. The average molecular weight is 210 g/mol. The molecule has 2 rings (SSSR count). The van der Waals surface area contributed by atoms with Crippen molar-refractivity contribution in [3.8, 4) is 5.75 Å². The number of halogens is 1. The van der Waals surface area contributed by atoms with E-state index in [1.165, 1.54) is 12.1 Å². The van der Waals surface area contributed by atoms with Crippen LogP contribution in [0, 0.1) is 12.7 Å². The smallest absolute Gasteiger partial charge is 0.125 e. The number of methoxy groups -OCH3 is 1. The van der Waals surface area contributed by atoms with E-state index in [1.54, 1.807) is 7.11 Å². The molecule has 0 amide bonds. The third kappa shape index (κ3) is 2.12. The highest BCUT2D eigenvalue weighted by atomic mass is 19.1. The lowest BCUT2D eigenvalue weighted by atomic mass is 10.0. The summed E-state index contributed by atoms with van der Waals surface area (Å²) in [6.45, 7) is 1.81. The van der Waals surface area contributed by atoms with Gasteiger partial charge in [-0.3, -0.25) is 0 Å². The van der Waals surface area contributed by atoms with E-state index in [9.17, 15) is 9.50 Å². The normalized spacial score (nSPS) is 17.6. The first kappa shape index (κ1) is 10.4. The third-order valence-electron chi connectivity index (χ3n) is 2.87. The minimum Gasteiger partial charge on any atom is -0.496 e. The van der Waals surface area contributed by atoms with Crippen LogP contribution in [0.4, 0.5) is 4.39 Å². The molecule has 82 valence electrons. The topological polar surface area (TPSA) is 29.5 Å².